The van der Waals surface area contributed by atoms with Crippen LogP contribution in [0.1, 0.15) is 13.8 Å². The van der Waals surface area contributed by atoms with Crippen LogP contribution < -0.4 is 0 Å². The molecule has 4 nitrogen and oxygen atoms in total. The van der Waals surface area contributed by atoms with E-state index in [1.807, 2.05) is 0 Å². The van der Waals surface area contributed by atoms with Crippen molar-refractivity contribution in [3.63, 3.8) is 0 Å². The first kappa shape index (κ1) is 7.05. The molecule has 0 unspecified atom stereocenters. The summed E-state index contributed by atoms with van der Waals surface area (Å²) in [5.41, 5.74) is 0. The van der Waals surface area contributed by atoms with E-state index >= 15 is 0 Å². The van der Waals surface area contributed by atoms with Crippen molar-refractivity contribution in [3.05, 3.63) is 0 Å². The van der Waals surface area contributed by atoms with Crippen LogP contribution in [0.5, 0.6) is 0 Å². The van der Waals surface area contributed by atoms with Crippen molar-refractivity contribution in [1.82, 2.24) is 0 Å². The molecule has 0 saturated carbocycles. The molecule has 0 bridgehead atoms. The fraction of sp³-hybridized carbons (Fsp3) is 0.667. The predicted molar refractivity (Wildman–Crippen MR) is 31.2 cm³/mol. The summed E-state index contributed by atoms with van der Waals surface area (Å²) in [5.74, 6) is -0.598. The first-order chi connectivity index (χ1) is 4.61. The van der Waals surface area contributed by atoms with Gasteiger partial charge in [-0.1, -0.05) is 13.8 Å². The summed E-state index contributed by atoms with van der Waals surface area (Å²) in [7, 11) is 0. The highest BCUT2D eigenvalue weighted by Crippen LogP contribution is 2.15. The van der Waals surface area contributed by atoms with E-state index in [0.29, 0.717) is 0 Å². The van der Waals surface area contributed by atoms with E-state index in [0.717, 1.165) is 0 Å². The number of rotatable bonds is 1. The van der Waals surface area contributed by atoms with Crippen molar-refractivity contribution in [2.75, 3.05) is 0 Å². The van der Waals surface area contributed by atoms with Crippen molar-refractivity contribution >= 4 is 12.1 Å². The molecule has 1 saturated heterocycles. The van der Waals surface area contributed by atoms with Gasteiger partial charge in [-0.15, -0.1) is 0 Å². The summed E-state index contributed by atoms with van der Waals surface area (Å²) < 4.78 is 8.66. The Morgan fingerprint density at radius 2 is 2.00 bits per heavy atom. The monoisotopic (exact) mass is 144 g/mol. The van der Waals surface area contributed by atoms with E-state index in [2.05, 4.69) is 9.47 Å². The van der Waals surface area contributed by atoms with Crippen molar-refractivity contribution in [3.8, 4) is 0 Å². The van der Waals surface area contributed by atoms with E-state index in [1.54, 1.807) is 13.8 Å². The van der Waals surface area contributed by atoms with Gasteiger partial charge in [0.2, 0.25) is 6.10 Å². The molecular weight excluding hydrogens is 136 g/mol. The average molecular weight is 144 g/mol. The Hall–Kier alpha value is -1.06. The summed E-state index contributed by atoms with van der Waals surface area (Å²) in [4.78, 5) is 21.0. The van der Waals surface area contributed by atoms with Crippen LogP contribution in [0, 0.1) is 5.92 Å². The van der Waals surface area contributed by atoms with Gasteiger partial charge in [-0.3, -0.25) is 0 Å². The number of carbonyl (C=O) groups excluding carboxylic acids is 2. The van der Waals surface area contributed by atoms with E-state index in [-0.39, 0.29) is 5.92 Å². The minimum Gasteiger partial charge on any atom is -0.418 e. The molecule has 0 radical (unpaired) electrons. The largest absolute Gasteiger partial charge is 0.517 e. The summed E-state index contributed by atoms with van der Waals surface area (Å²) in [6.07, 6.45) is -1.59. The van der Waals surface area contributed by atoms with Crippen LogP contribution in [0.15, 0.2) is 0 Å². The third-order valence-electron chi connectivity index (χ3n) is 1.24. The Kier molecular flexibility index (Phi) is 1.61. The van der Waals surface area contributed by atoms with E-state index < -0.39 is 18.2 Å². The molecule has 0 N–H and O–H groups in total. The van der Waals surface area contributed by atoms with E-state index in [4.69, 9.17) is 0 Å². The molecule has 56 valence electrons. The summed E-state index contributed by atoms with van der Waals surface area (Å²) in [6.45, 7) is 3.56. The molecule has 1 heterocycles. The zero-order valence-electron chi connectivity index (χ0n) is 5.79. The van der Waals surface area contributed by atoms with Gasteiger partial charge in [-0.25, -0.2) is 9.59 Å². The summed E-state index contributed by atoms with van der Waals surface area (Å²) in [5, 5.41) is 0. The lowest BCUT2D eigenvalue weighted by Gasteiger charge is -2.06. The lowest BCUT2D eigenvalue weighted by molar-refractivity contribution is -0.137. The van der Waals surface area contributed by atoms with Gasteiger partial charge in [0.25, 0.3) is 0 Å². The van der Waals surface area contributed by atoms with Crippen molar-refractivity contribution in [2.24, 2.45) is 5.92 Å². The zero-order valence-corrected chi connectivity index (χ0v) is 5.79. The van der Waals surface area contributed by atoms with Crippen LogP contribution in [0.25, 0.3) is 0 Å². The van der Waals surface area contributed by atoms with Gasteiger partial charge >= 0.3 is 12.1 Å². The number of cyclic esters (lactones) is 3. The highest BCUT2D eigenvalue weighted by molar-refractivity contribution is 5.90. The number of hydrogen-bond donors (Lipinski definition) is 0. The number of ether oxygens (including phenoxy) is 2. The maximum Gasteiger partial charge on any atom is 0.517 e. The molecule has 0 amide bonds. The highest BCUT2D eigenvalue weighted by atomic mass is 16.8. The molecule has 0 aromatic rings. The number of carbonyl (C=O) groups is 2. The smallest absolute Gasteiger partial charge is 0.418 e. The SMILES string of the molecule is CC(C)[C@@H]1OC(=O)OC1=O. The van der Waals surface area contributed by atoms with Gasteiger partial charge in [0.1, 0.15) is 0 Å². The lowest BCUT2D eigenvalue weighted by atomic mass is 10.1. The van der Waals surface area contributed by atoms with Gasteiger partial charge in [0, 0.05) is 5.92 Å². The Labute approximate surface area is 58.1 Å². The minimum atomic E-state index is -0.885. The first-order valence-electron chi connectivity index (χ1n) is 3.03. The van der Waals surface area contributed by atoms with Crippen molar-refractivity contribution in [2.45, 2.75) is 20.0 Å². The van der Waals surface area contributed by atoms with Crippen molar-refractivity contribution in [1.29, 1.82) is 0 Å². The van der Waals surface area contributed by atoms with Crippen LogP contribution in [-0.4, -0.2) is 18.2 Å². The van der Waals surface area contributed by atoms with Gasteiger partial charge in [-0.05, 0) is 0 Å². The van der Waals surface area contributed by atoms with Gasteiger partial charge in [0.15, 0.2) is 0 Å². The van der Waals surface area contributed by atoms with E-state index in [1.165, 1.54) is 0 Å². The van der Waals surface area contributed by atoms with Crippen LogP contribution in [0.2, 0.25) is 0 Å². The predicted octanol–water partition coefficient (Wildman–Crippen LogP) is 0.704. The fourth-order valence-electron chi connectivity index (χ4n) is 0.724. The first-order valence-corrected chi connectivity index (χ1v) is 3.03. The van der Waals surface area contributed by atoms with Gasteiger partial charge < -0.3 is 9.47 Å². The fourth-order valence-corrected chi connectivity index (χ4v) is 0.724. The molecule has 0 aromatic carbocycles. The standard InChI is InChI=1S/C6H8O4/c1-3(2)4-5(7)10-6(8)9-4/h3-4H,1-2H3/t4-/m0/s1. The normalized spacial score (nSPS) is 24.9. The highest BCUT2D eigenvalue weighted by Gasteiger charge is 2.37. The molecule has 1 aliphatic heterocycles. The molecule has 0 aromatic heterocycles. The molecule has 1 aliphatic rings. The molecule has 1 atom stereocenters. The van der Waals surface area contributed by atoms with Gasteiger partial charge in [0.05, 0.1) is 0 Å². The third-order valence-corrected chi connectivity index (χ3v) is 1.24. The molecule has 1 fully saturated rings. The molecule has 0 spiro atoms. The van der Waals surface area contributed by atoms with Crippen LogP contribution >= 0.6 is 0 Å². The topological polar surface area (TPSA) is 52.6 Å². The number of hydrogen-bond acceptors (Lipinski definition) is 4. The third kappa shape index (κ3) is 1.10. The van der Waals surface area contributed by atoms with Crippen LogP contribution in [-0.2, 0) is 14.3 Å². The van der Waals surface area contributed by atoms with E-state index in [9.17, 15) is 9.59 Å². The quantitative estimate of drug-likeness (QED) is 0.401. The summed E-state index contributed by atoms with van der Waals surface area (Å²) >= 11 is 0. The summed E-state index contributed by atoms with van der Waals surface area (Å²) in [6, 6.07) is 0. The van der Waals surface area contributed by atoms with Crippen LogP contribution in [0.4, 0.5) is 4.79 Å². The lowest BCUT2D eigenvalue weighted by Crippen LogP contribution is -2.22. The molecule has 10 heavy (non-hydrogen) atoms. The Morgan fingerprint density at radius 1 is 1.40 bits per heavy atom. The Balaban J connectivity index is 2.63. The maximum atomic E-state index is 10.7. The minimum absolute atomic E-state index is 0.0149. The second-order valence-electron chi connectivity index (χ2n) is 2.45. The molecule has 4 heteroatoms. The van der Waals surface area contributed by atoms with Crippen molar-refractivity contribution < 1.29 is 19.1 Å². The molecule has 1 rings (SSSR count). The zero-order chi connectivity index (χ0) is 7.72. The van der Waals surface area contributed by atoms with Crippen LogP contribution in [0.3, 0.4) is 0 Å². The molecular formula is C6H8O4. The second-order valence-corrected chi connectivity index (χ2v) is 2.45. The Morgan fingerprint density at radius 3 is 2.20 bits per heavy atom. The van der Waals surface area contributed by atoms with Gasteiger partial charge in [-0.2, -0.15) is 0 Å². The molecule has 0 aliphatic carbocycles. The number of esters is 1. The Bertz CT molecular complexity index is 173. The maximum absolute atomic E-state index is 10.7. The average Bonchev–Trinajstić information content (AvgIpc) is 2.10. The second kappa shape index (κ2) is 2.28.